The number of hydrogen-bond acceptors (Lipinski definition) is 4. The molecule has 5 rings (SSSR count). The predicted molar refractivity (Wildman–Crippen MR) is 126 cm³/mol. The van der Waals surface area contributed by atoms with E-state index in [4.69, 9.17) is 5.73 Å². The third-order valence-electron chi connectivity index (χ3n) is 5.41. The number of hydrogen-bond donors (Lipinski definition) is 2. The van der Waals surface area contributed by atoms with Crippen LogP contribution in [-0.2, 0) is 0 Å². The number of anilines is 1. The summed E-state index contributed by atoms with van der Waals surface area (Å²) in [5.41, 5.74) is 15.8. The van der Waals surface area contributed by atoms with Gasteiger partial charge in [-0.3, -0.25) is 15.0 Å². The van der Waals surface area contributed by atoms with Crippen LogP contribution in [0.3, 0.4) is 0 Å². The van der Waals surface area contributed by atoms with Crippen molar-refractivity contribution in [3.8, 4) is 22.4 Å². The predicted octanol–water partition coefficient (Wildman–Crippen LogP) is 5.64. The molecule has 0 unspecified atom stereocenters. The third-order valence-corrected chi connectivity index (χ3v) is 5.41. The molecule has 3 N–H and O–H groups in total. The number of nitrogens with two attached hydrogens (primary N) is 1. The largest absolute Gasteiger partial charge is 0.398 e. The highest BCUT2D eigenvalue weighted by Crippen LogP contribution is 2.34. The maximum Gasteiger partial charge on any atom is 0.0797 e. The lowest BCUT2D eigenvalue weighted by Gasteiger charge is -2.11. The van der Waals surface area contributed by atoms with Crippen molar-refractivity contribution in [3.63, 3.8) is 0 Å². The molecule has 0 atom stereocenters. The molecule has 31 heavy (non-hydrogen) atoms. The number of nitrogens with zero attached hydrogens (tertiary/aromatic N) is 3. The van der Waals surface area contributed by atoms with Gasteiger partial charge < -0.3 is 10.7 Å². The van der Waals surface area contributed by atoms with Crippen LogP contribution in [-0.4, -0.2) is 19.9 Å². The summed E-state index contributed by atoms with van der Waals surface area (Å²) in [6.07, 6.45) is 9.06. The van der Waals surface area contributed by atoms with Gasteiger partial charge >= 0.3 is 0 Å². The van der Waals surface area contributed by atoms with E-state index in [1.165, 1.54) is 0 Å². The van der Waals surface area contributed by atoms with Crippen LogP contribution in [0, 0.1) is 6.92 Å². The van der Waals surface area contributed by atoms with Crippen molar-refractivity contribution in [1.82, 2.24) is 19.9 Å². The van der Waals surface area contributed by atoms with Crippen molar-refractivity contribution in [2.24, 2.45) is 0 Å². The molecule has 4 aromatic heterocycles. The molecular weight excluding hydrogens is 382 g/mol. The van der Waals surface area contributed by atoms with E-state index in [2.05, 4.69) is 44.7 Å². The number of H-pyrrole nitrogens is 1. The molecule has 0 bridgehead atoms. The van der Waals surface area contributed by atoms with Crippen LogP contribution in [0.2, 0.25) is 0 Å². The number of fused-ring (bicyclic) bond motifs is 1. The first-order valence-electron chi connectivity index (χ1n) is 9.99. The van der Waals surface area contributed by atoms with E-state index >= 15 is 0 Å². The van der Waals surface area contributed by atoms with Crippen LogP contribution >= 0.6 is 0 Å². The fourth-order valence-electron chi connectivity index (χ4n) is 3.81. The van der Waals surface area contributed by atoms with E-state index in [1.54, 1.807) is 18.6 Å². The molecule has 0 aliphatic rings. The minimum atomic E-state index is 0.681. The van der Waals surface area contributed by atoms with Crippen LogP contribution in [0.5, 0.6) is 0 Å². The first kappa shape index (κ1) is 18.8. The highest BCUT2D eigenvalue weighted by atomic mass is 14.8. The molecule has 1 aromatic carbocycles. The van der Waals surface area contributed by atoms with Gasteiger partial charge in [-0.25, -0.2) is 0 Å². The van der Waals surface area contributed by atoms with Crippen molar-refractivity contribution in [2.75, 3.05) is 5.73 Å². The minimum absolute atomic E-state index is 0.681. The van der Waals surface area contributed by atoms with Gasteiger partial charge in [-0.05, 0) is 60.5 Å². The maximum absolute atomic E-state index is 6.34. The second kappa shape index (κ2) is 7.54. The van der Waals surface area contributed by atoms with Gasteiger partial charge in [0.2, 0.25) is 0 Å². The molecule has 0 aliphatic carbocycles. The van der Waals surface area contributed by atoms with Gasteiger partial charge in [0.15, 0.2) is 0 Å². The first-order valence-corrected chi connectivity index (χ1v) is 9.99. The highest BCUT2D eigenvalue weighted by molar-refractivity contribution is 5.97. The molecule has 0 fully saturated rings. The summed E-state index contributed by atoms with van der Waals surface area (Å²) in [6, 6.07) is 16.1. The summed E-state index contributed by atoms with van der Waals surface area (Å²) in [4.78, 5) is 16.5. The average Bonchev–Trinajstić information content (AvgIpc) is 3.24. The summed E-state index contributed by atoms with van der Waals surface area (Å²) in [6.45, 7) is 6.38. The molecular formula is C26H21N5. The van der Waals surface area contributed by atoms with Crippen molar-refractivity contribution in [2.45, 2.75) is 6.92 Å². The first-order chi connectivity index (χ1) is 15.1. The second-order valence-electron chi connectivity index (χ2n) is 7.57. The number of nitrogens with one attached hydrogen (secondary N) is 1. The van der Waals surface area contributed by atoms with Crippen LogP contribution in [0.1, 0.15) is 16.8 Å². The molecule has 0 spiro atoms. The standard InChI is InChI=1S/C26H21N5/c1-16-11-20(15-29-14-16)19-3-4-23(27)21(12-19)17(2)25-13-22-24(31-25)7-10-30-26(22)18-5-8-28-9-6-18/h3-15,31H,2,27H2,1H3. The van der Waals surface area contributed by atoms with E-state index in [9.17, 15) is 0 Å². The fourth-order valence-corrected chi connectivity index (χ4v) is 3.81. The van der Waals surface area contributed by atoms with Gasteiger partial charge in [0.05, 0.1) is 5.69 Å². The van der Waals surface area contributed by atoms with E-state index in [0.717, 1.165) is 55.7 Å². The molecule has 0 radical (unpaired) electrons. The summed E-state index contributed by atoms with van der Waals surface area (Å²) < 4.78 is 0. The lowest BCUT2D eigenvalue weighted by atomic mass is 9.97. The lowest BCUT2D eigenvalue weighted by Crippen LogP contribution is -1.96. The Kier molecular flexibility index (Phi) is 4.56. The van der Waals surface area contributed by atoms with Crippen LogP contribution < -0.4 is 5.73 Å². The highest BCUT2D eigenvalue weighted by Gasteiger charge is 2.14. The minimum Gasteiger partial charge on any atom is -0.398 e. The van der Waals surface area contributed by atoms with Crippen LogP contribution in [0.4, 0.5) is 5.69 Å². The number of aryl methyl sites for hydroxylation is 1. The third kappa shape index (κ3) is 3.46. The van der Waals surface area contributed by atoms with E-state index in [0.29, 0.717) is 5.69 Å². The summed E-state index contributed by atoms with van der Waals surface area (Å²) in [7, 11) is 0. The zero-order chi connectivity index (χ0) is 21.4. The van der Waals surface area contributed by atoms with Crippen molar-refractivity contribution >= 4 is 22.2 Å². The Hall–Kier alpha value is -4.25. The van der Waals surface area contributed by atoms with Crippen molar-refractivity contribution in [1.29, 1.82) is 0 Å². The molecule has 150 valence electrons. The fraction of sp³-hybridized carbons (Fsp3) is 0.0385. The molecule has 4 heterocycles. The van der Waals surface area contributed by atoms with Gasteiger partial charge in [-0.1, -0.05) is 12.6 Å². The monoisotopic (exact) mass is 403 g/mol. The number of benzene rings is 1. The smallest absolute Gasteiger partial charge is 0.0797 e. The molecule has 0 saturated heterocycles. The Balaban J connectivity index is 1.59. The summed E-state index contributed by atoms with van der Waals surface area (Å²) >= 11 is 0. The second-order valence-corrected chi connectivity index (χ2v) is 7.57. The summed E-state index contributed by atoms with van der Waals surface area (Å²) in [5, 5.41) is 1.03. The normalized spacial score (nSPS) is 11.0. The number of aromatic amines is 1. The Morgan fingerprint density at radius 3 is 2.52 bits per heavy atom. The zero-order valence-electron chi connectivity index (χ0n) is 17.1. The van der Waals surface area contributed by atoms with Gasteiger partial charge in [-0.15, -0.1) is 0 Å². The Bertz CT molecular complexity index is 1420. The average molecular weight is 403 g/mol. The topological polar surface area (TPSA) is 80.5 Å². The molecule has 5 nitrogen and oxygen atoms in total. The summed E-state index contributed by atoms with van der Waals surface area (Å²) in [5.74, 6) is 0. The van der Waals surface area contributed by atoms with Gasteiger partial charge in [-0.2, -0.15) is 0 Å². The number of pyridine rings is 3. The maximum atomic E-state index is 6.34. The van der Waals surface area contributed by atoms with Gasteiger partial charge in [0.1, 0.15) is 0 Å². The molecule has 0 amide bonds. The van der Waals surface area contributed by atoms with Crippen molar-refractivity contribution < 1.29 is 0 Å². The Morgan fingerprint density at radius 2 is 1.71 bits per heavy atom. The van der Waals surface area contributed by atoms with Crippen LogP contribution in [0.25, 0.3) is 38.9 Å². The number of nitrogen functional groups attached to an aromatic ring is 1. The van der Waals surface area contributed by atoms with Crippen LogP contribution in [0.15, 0.2) is 86.1 Å². The van der Waals surface area contributed by atoms with E-state index in [-0.39, 0.29) is 0 Å². The zero-order valence-corrected chi connectivity index (χ0v) is 17.1. The lowest BCUT2D eigenvalue weighted by molar-refractivity contribution is 1.27. The Morgan fingerprint density at radius 1 is 0.871 bits per heavy atom. The SMILES string of the molecule is C=C(c1cc2c(-c3ccncc3)nccc2[nH]1)c1cc(-c2cncc(C)c2)ccc1N. The van der Waals surface area contributed by atoms with E-state index < -0.39 is 0 Å². The van der Waals surface area contributed by atoms with Gasteiger partial charge in [0.25, 0.3) is 0 Å². The van der Waals surface area contributed by atoms with E-state index in [1.807, 2.05) is 49.6 Å². The molecule has 0 aliphatic heterocycles. The Labute approximate surface area is 180 Å². The molecule has 5 heteroatoms. The van der Waals surface area contributed by atoms with Gasteiger partial charge in [0, 0.05) is 75.5 Å². The van der Waals surface area contributed by atoms with Crippen molar-refractivity contribution in [3.05, 3.63) is 103 Å². The quantitative estimate of drug-likeness (QED) is 0.381. The molecule has 0 saturated carbocycles. The molecule has 5 aromatic rings. The number of aromatic nitrogens is 4. The number of rotatable bonds is 4.